The SMILES string of the molecule is C=CCOc1ccccc1CNCc1ncc(CC)o1. The molecule has 0 atom stereocenters. The van der Waals surface area contributed by atoms with Gasteiger partial charge in [0.25, 0.3) is 0 Å². The molecular weight excluding hydrogens is 252 g/mol. The van der Waals surface area contributed by atoms with Gasteiger partial charge in [0.05, 0.1) is 12.7 Å². The van der Waals surface area contributed by atoms with E-state index in [-0.39, 0.29) is 0 Å². The van der Waals surface area contributed by atoms with Crippen molar-refractivity contribution in [2.75, 3.05) is 6.61 Å². The van der Waals surface area contributed by atoms with Gasteiger partial charge in [0, 0.05) is 18.5 Å². The summed E-state index contributed by atoms with van der Waals surface area (Å²) in [6.07, 6.45) is 4.38. The van der Waals surface area contributed by atoms with Crippen molar-refractivity contribution < 1.29 is 9.15 Å². The smallest absolute Gasteiger partial charge is 0.208 e. The molecule has 1 N–H and O–H groups in total. The molecule has 2 aromatic rings. The molecule has 0 bridgehead atoms. The Morgan fingerprint density at radius 2 is 2.20 bits per heavy atom. The van der Waals surface area contributed by atoms with Crippen molar-refractivity contribution in [3.63, 3.8) is 0 Å². The quantitative estimate of drug-likeness (QED) is 0.750. The maximum Gasteiger partial charge on any atom is 0.208 e. The third-order valence-corrected chi connectivity index (χ3v) is 2.87. The van der Waals surface area contributed by atoms with Crippen molar-refractivity contribution in [2.45, 2.75) is 26.4 Å². The van der Waals surface area contributed by atoms with Crippen LogP contribution in [0.1, 0.15) is 24.1 Å². The molecule has 0 amide bonds. The predicted octanol–water partition coefficient (Wildman–Crippen LogP) is 3.09. The molecule has 0 unspecified atom stereocenters. The fraction of sp³-hybridized carbons (Fsp3) is 0.312. The molecule has 1 aromatic carbocycles. The Kier molecular flexibility index (Phi) is 5.38. The lowest BCUT2D eigenvalue weighted by Gasteiger charge is -2.10. The second-order valence-electron chi connectivity index (χ2n) is 4.38. The maximum atomic E-state index is 5.61. The van der Waals surface area contributed by atoms with Crippen LogP contribution in [0, 0.1) is 0 Å². The van der Waals surface area contributed by atoms with Gasteiger partial charge in [-0.2, -0.15) is 0 Å². The highest BCUT2D eigenvalue weighted by atomic mass is 16.5. The number of ether oxygens (including phenoxy) is 1. The van der Waals surface area contributed by atoms with Crippen molar-refractivity contribution in [3.05, 3.63) is 60.3 Å². The van der Waals surface area contributed by atoms with E-state index in [0.717, 1.165) is 23.5 Å². The van der Waals surface area contributed by atoms with Crippen LogP contribution >= 0.6 is 0 Å². The summed E-state index contributed by atoms with van der Waals surface area (Å²) in [6.45, 7) is 7.53. The van der Waals surface area contributed by atoms with Gasteiger partial charge in [-0.1, -0.05) is 37.8 Å². The Balaban J connectivity index is 1.88. The van der Waals surface area contributed by atoms with E-state index in [0.29, 0.717) is 25.6 Å². The normalized spacial score (nSPS) is 10.4. The van der Waals surface area contributed by atoms with Gasteiger partial charge in [-0.05, 0) is 6.07 Å². The van der Waals surface area contributed by atoms with E-state index in [4.69, 9.17) is 9.15 Å². The summed E-state index contributed by atoms with van der Waals surface area (Å²) in [7, 11) is 0. The molecule has 106 valence electrons. The minimum Gasteiger partial charge on any atom is -0.489 e. The van der Waals surface area contributed by atoms with Gasteiger partial charge < -0.3 is 14.5 Å². The number of rotatable bonds is 8. The molecule has 0 aliphatic heterocycles. The van der Waals surface area contributed by atoms with Crippen LogP contribution in [0.2, 0.25) is 0 Å². The van der Waals surface area contributed by atoms with Gasteiger partial charge in [0.1, 0.15) is 18.1 Å². The summed E-state index contributed by atoms with van der Waals surface area (Å²) in [6, 6.07) is 7.96. The van der Waals surface area contributed by atoms with Crippen molar-refractivity contribution in [1.29, 1.82) is 0 Å². The number of aryl methyl sites for hydroxylation is 1. The Morgan fingerprint density at radius 3 is 2.95 bits per heavy atom. The zero-order valence-corrected chi connectivity index (χ0v) is 11.8. The molecule has 20 heavy (non-hydrogen) atoms. The van der Waals surface area contributed by atoms with Crippen LogP contribution in [0.5, 0.6) is 5.75 Å². The number of nitrogens with zero attached hydrogens (tertiary/aromatic N) is 1. The van der Waals surface area contributed by atoms with Crippen molar-refractivity contribution in [3.8, 4) is 5.75 Å². The van der Waals surface area contributed by atoms with Crippen molar-refractivity contribution >= 4 is 0 Å². The first-order chi connectivity index (χ1) is 9.83. The minimum absolute atomic E-state index is 0.511. The van der Waals surface area contributed by atoms with Crippen molar-refractivity contribution in [2.24, 2.45) is 0 Å². The molecule has 1 aromatic heterocycles. The average molecular weight is 272 g/mol. The molecule has 0 saturated carbocycles. The zero-order chi connectivity index (χ0) is 14.2. The molecule has 0 aliphatic carbocycles. The maximum absolute atomic E-state index is 5.61. The number of nitrogens with one attached hydrogen (secondary N) is 1. The Hall–Kier alpha value is -2.07. The predicted molar refractivity (Wildman–Crippen MR) is 78.6 cm³/mol. The number of aromatic nitrogens is 1. The zero-order valence-electron chi connectivity index (χ0n) is 11.8. The summed E-state index contributed by atoms with van der Waals surface area (Å²) < 4.78 is 11.2. The van der Waals surface area contributed by atoms with Crippen LogP contribution in [0.3, 0.4) is 0 Å². The number of oxazole rings is 1. The Labute approximate surface area is 119 Å². The van der Waals surface area contributed by atoms with Gasteiger partial charge in [-0.25, -0.2) is 4.98 Å². The largest absolute Gasteiger partial charge is 0.489 e. The minimum atomic E-state index is 0.511. The van der Waals surface area contributed by atoms with Gasteiger partial charge in [-0.3, -0.25) is 0 Å². The lowest BCUT2D eigenvalue weighted by molar-refractivity contribution is 0.357. The molecular formula is C16H20N2O2. The van der Waals surface area contributed by atoms with Crippen LogP contribution < -0.4 is 10.1 Å². The lowest BCUT2D eigenvalue weighted by atomic mass is 10.2. The summed E-state index contributed by atoms with van der Waals surface area (Å²) in [4.78, 5) is 4.22. The first-order valence-corrected chi connectivity index (χ1v) is 6.79. The lowest BCUT2D eigenvalue weighted by Crippen LogP contribution is -2.13. The topological polar surface area (TPSA) is 47.3 Å². The van der Waals surface area contributed by atoms with E-state index in [1.54, 1.807) is 12.3 Å². The first kappa shape index (κ1) is 14.3. The fourth-order valence-electron chi connectivity index (χ4n) is 1.84. The van der Waals surface area contributed by atoms with Crippen LogP contribution in [-0.4, -0.2) is 11.6 Å². The molecule has 0 radical (unpaired) electrons. The van der Waals surface area contributed by atoms with Gasteiger partial charge in [-0.15, -0.1) is 0 Å². The standard InChI is InChI=1S/C16H20N2O2/c1-3-9-19-15-8-6-5-7-13(15)10-17-12-16-18-11-14(4-2)20-16/h3,5-8,11,17H,1,4,9-10,12H2,2H3. The van der Waals surface area contributed by atoms with E-state index >= 15 is 0 Å². The van der Waals surface area contributed by atoms with Crippen LogP contribution in [-0.2, 0) is 19.5 Å². The summed E-state index contributed by atoms with van der Waals surface area (Å²) in [5.74, 6) is 2.50. The molecule has 4 heteroatoms. The van der Waals surface area contributed by atoms with Gasteiger partial charge in [0.2, 0.25) is 5.89 Å². The monoisotopic (exact) mass is 272 g/mol. The Bertz CT molecular complexity index is 549. The second kappa shape index (κ2) is 7.50. The molecule has 0 spiro atoms. The van der Waals surface area contributed by atoms with Crippen LogP contribution in [0.25, 0.3) is 0 Å². The fourth-order valence-corrected chi connectivity index (χ4v) is 1.84. The molecule has 1 heterocycles. The molecule has 2 rings (SSSR count). The average Bonchev–Trinajstić information content (AvgIpc) is 2.94. The summed E-state index contributed by atoms with van der Waals surface area (Å²) >= 11 is 0. The second-order valence-corrected chi connectivity index (χ2v) is 4.38. The number of para-hydroxylation sites is 1. The molecule has 0 fully saturated rings. The van der Waals surface area contributed by atoms with Gasteiger partial charge >= 0.3 is 0 Å². The van der Waals surface area contributed by atoms with E-state index in [9.17, 15) is 0 Å². The highest BCUT2D eigenvalue weighted by molar-refractivity contribution is 5.33. The summed E-state index contributed by atoms with van der Waals surface area (Å²) in [5.41, 5.74) is 1.11. The molecule has 0 saturated heterocycles. The number of hydrogen-bond acceptors (Lipinski definition) is 4. The van der Waals surface area contributed by atoms with E-state index in [2.05, 4.69) is 16.9 Å². The molecule has 4 nitrogen and oxygen atoms in total. The van der Waals surface area contributed by atoms with E-state index in [1.807, 2.05) is 31.2 Å². The Morgan fingerprint density at radius 1 is 1.35 bits per heavy atom. The highest BCUT2D eigenvalue weighted by Crippen LogP contribution is 2.17. The number of hydrogen-bond donors (Lipinski definition) is 1. The highest BCUT2D eigenvalue weighted by Gasteiger charge is 2.04. The van der Waals surface area contributed by atoms with Gasteiger partial charge in [0.15, 0.2) is 0 Å². The van der Waals surface area contributed by atoms with Crippen LogP contribution in [0.4, 0.5) is 0 Å². The third kappa shape index (κ3) is 3.96. The molecule has 0 aliphatic rings. The van der Waals surface area contributed by atoms with Crippen LogP contribution in [0.15, 0.2) is 47.5 Å². The third-order valence-electron chi connectivity index (χ3n) is 2.87. The van der Waals surface area contributed by atoms with Crippen molar-refractivity contribution in [1.82, 2.24) is 10.3 Å². The number of benzene rings is 1. The van der Waals surface area contributed by atoms with E-state index < -0.39 is 0 Å². The summed E-state index contributed by atoms with van der Waals surface area (Å²) in [5, 5.41) is 3.31. The van der Waals surface area contributed by atoms with E-state index in [1.165, 1.54) is 0 Å². The first-order valence-electron chi connectivity index (χ1n) is 6.79.